The van der Waals surface area contributed by atoms with Crippen LogP contribution >= 0.6 is 7.82 Å². The number of hydrogen-bond acceptors (Lipinski definition) is 8. The molecule has 0 radical (unpaired) electrons. The van der Waals surface area contributed by atoms with Gasteiger partial charge in [0.25, 0.3) is 0 Å². The minimum atomic E-state index is -4.34. The van der Waals surface area contributed by atoms with Crippen molar-refractivity contribution in [3.05, 3.63) is 36.5 Å². The van der Waals surface area contributed by atoms with Crippen LogP contribution in [0.3, 0.4) is 0 Å². The molecule has 2 atom stereocenters. The molecular formula is C28H50NO8P. The van der Waals surface area contributed by atoms with E-state index in [-0.39, 0.29) is 32.6 Å². The van der Waals surface area contributed by atoms with Crippen LogP contribution in [-0.2, 0) is 32.7 Å². The van der Waals surface area contributed by atoms with Gasteiger partial charge in [-0.1, -0.05) is 82.4 Å². The zero-order chi connectivity index (χ0) is 28.3. The van der Waals surface area contributed by atoms with Gasteiger partial charge < -0.3 is 20.1 Å². The number of esters is 2. The van der Waals surface area contributed by atoms with Crippen molar-refractivity contribution in [1.82, 2.24) is 0 Å². The molecule has 0 rings (SSSR count). The van der Waals surface area contributed by atoms with Crippen molar-refractivity contribution in [3.8, 4) is 0 Å². The van der Waals surface area contributed by atoms with Crippen molar-refractivity contribution in [2.24, 2.45) is 5.73 Å². The molecule has 0 fully saturated rings. The van der Waals surface area contributed by atoms with Crippen LogP contribution in [0, 0.1) is 0 Å². The number of ether oxygens (including phenoxy) is 2. The molecule has 0 aromatic heterocycles. The lowest BCUT2D eigenvalue weighted by atomic mass is 10.1. The van der Waals surface area contributed by atoms with E-state index >= 15 is 0 Å². The Labute approximate surface area is 229 Å². The van der Waals surface area contributed by atoms with Gasteiger partial charge in [0, 0.05) is 19.4 Å². The van der Waals surface area contributed by atoms with Crippen LogP contribution in [0.5, 0.6) is 0 Å². The quantitative estimate of drug-likeness (QED) is 0.0571. The van der Waals surface area contributed by atoms with Crippen LogP contribution in [0.15, 0.2) is 36.5 Å². The smallest absolute Gasteiger partial charge is 0.462 e. The monoisotopic (exact) mass is 559 g/mol. The molecule has 0 aliphatic carbocycles. The van der Waals surface area contributed by atoms with Gasteiger partial charge in [-0.2, -0.15) is 0 Å². The van der Waals surface area contributed by atoms with Crippen LogP contribution in [0.1, 0.15) is 97.3 Å². The molecule has 220 valence electrons. The highest BCUT2D eigenvalue weighted by Crippen LogP contribution is 2.43. The van der Waals surface area contributed by atoms with Crippen LogP contribution in [0.25, 0.3) is 0 Å². The molecule has 0 bridgehead atoms. The lowest BCUT2D eigenvalue weighted by Crippen LogP contribution is -2.29. The highest BCUT2D eigenvalue weighted by molar-refractivity contribution is 7.47. The van der Waals surface area contributed by atoms with Crippen LogP contribution in [0.2, 0.25) is 0 Å². The van der Waals surface area contributed by atoms with E-state index in [1.807, 2.05) is 0 Å². The molecule has 0 aromatic rings. The SMILES string of the molecule is CC/C=C\C/C=C\C/C=C\CCCCCCCCCC(=O)OC(COC(=O)CC)COP(=O)(O)OCCN. The third-order valence-corrected chi connectivity index (χ3v) is 6.33. The summed E-state index contributed by atoms with van der Waals surface area (Å²) in [5.74, 6) is -0.947. The minimum absolute atomic E-state index is 0.0492. The maximum absolute atomic E-state index is 12.2. The fourth-order valence-corrected chi connectivity index (χ4v) is 4.04. The van der Waals surface area contributed by atoms with Crippen molar-refractivity contribution in [2.75, 3.05) is 26.4 Å². The predicted octanol–water partition coefficient (Wildman–Crippen LogP) is 6.31. The van der Waals surface area contributed by atoms with Crippen LogP contribution < -0.4 is 5.73 Å². The second-order valence-electron chi connectivity index (χ2n) is 8.84. The summed E-state index contributed by atoms with van der Waals surface area (Å²) in [6.45, 7) is 2.96. The summed E-state index contributed by atoms with van der Waals surface area (Å²) in [7, 11) is -4.34. The number of rotatable bonds is 25. The molecule has 0 heterocycles. The highest BCUT2D eigenvalue weighted by Gasteiger charge is 2.25. The lowest BCUT2D eigenvalue weighted by molar-refractivity contribution is -0.161. The van der Waals surface area contributed by atoms with Gasteiger partial charge in [0.05, 0.1) is 13.2 Å². The Bertz CT molecular complexity index is 738. The fraction of sp³-hybridized carbons (Fsp3) is 0.714. The molecule has 0 amide bonds. The first kappa shape index (κ1) is 36.2. The first-order valence-electron chi connectivity index (χ1n) is 14.0. The third-order valence-electron chi connectivity index (χ3n) is 5.34. The van der Waals surface area contributed by atoms with Crippen molar-refractivity contribution >= 4 is 19.8 Å². The van der Waals surface area contributed by atoms with E-state index < -0.39 is 32.5 Å². The second-order valence-corrected chi connectivity index (χ2v) is 10.3. The first-order chi connectivity index (χ1) is 18.3. The maximum atomic E-state index is 12.2. The second kappa shape index (κ2) is 25.5. The standard InChI is InChI=1S/C28H50NO8P/c1-3-5-6-7-8-9-10-11-12-13-14-15-16-17-18-19-20-21-28(31)37-26(24-34-27(30)4-2)25-36-38(32,33)35-23-22-29/h5-6,8-9,11-12,26H,3-4,7,10,13-25,29H2,1-2H3,(H,32,33)/b6-5-,9-8-,12-11-. The topological polar surface area (TPSA) is 134 Å². The average molecular weight is 560 g/mol. The normalized spacial score (nSPS) is 14.3. The van der Waals surface area contributed by atoms with E-state index in [1.54, 1.807) is 6.92 Å². The molecule has 0 aromatic carbocycles. The molecule has 10 heteroatoms. The van der Waals surface area contributed by atoms with Gasteiger partial charge in [0.15, 0.2) is 6.10 Å². The summed E-state index contributed by atoms with van der Waals surface area (Å²) in [4.78, 5) is 33.3. The van der Waals surface area contributed by atoms with Gasteiger partial charge in [0.1, 0.15) is 6.61 Å². The van der Waals surface area contributed by atoms with E-state index in [0.717, 1.165) is 44.9 Å². The van der Waals surface area contributed by atoms with Crippen LogP contribution in [-0.4, -0.2) is 49.3 Å². The Morgan fingerprint density at radius 2 is 1.42 bits per heavy atom. The number of phosphoric ester groups is 1. The number of nitrogens with two attached hydrogens (primary N) is 1. The Morgan fingerprint density at radius 1 is 0.816 bits per heavy atom. The zero-order valence-electron chi connectivity index (χ0n) is 23.4. The number of carbonyl (C=O) groups is 2. The summed E-state index contributed by atoms with van der Waals surface area (Å²) < 4.78 is 31.6. The third kappa shape index (κ3) is 24.6. The van der Waals surface area contributed by atoms with Gasteiger partial charge in [-0.25, -0.2) is 4.57 Å². The molecule has 0 aliphatic heterocycles. The molecule has 0 saturated carbocycles. The number of carbonyl (C=O) groups excluding carboxylic acids is 2. The summed E-state index contributed by atoms with van der Waals surface area (Å²) >= 11 is 0. The van der Waals surface area contributed by atoms with Crippen molar-refractivity contribution in [1.29, 1.82) is 0 Å². The molecule has 9 nitrogen and oxygen atoms in total. The Morgan fingerprint density at radius 3 is 2.05 bits per heavy atom. The molecule has 38 heavy (non-hydrogen) atoms. The number of phosphoric acid groups is 1. The summed E-state index contributed by atoms with van der Waals surface area (Å²) in [6.07, 6.45) is 24.2. The Kier molecular flexibility index (Phi) is 24.3. The molecule has 3 N–H and O–H groups in total. The summed E-state index contributed by atoms with van der Waals surface area (Å²) in [5, 5.41) is 0. The van der Waals surface area contributed by atoms with Gasteiger partial charge in [-0.3, -0.25) is 18.6 Å². The number of allylic oxidation sites excluding steroid dienone is 6. The van der Waals surface area contributed by atoms with E-state index in [1.165, 1.54) is 19.3 Å². The molecule has 0 spiro atoms. The summed E-state index contributed by atoms with van der Waals surface area (Å²) in [5.41, 5.74) is 5.24. The van der Waals surface area contributed by atoms with Gasteiger partial charge >= 0.3 is 19.8 Å². The Hall–Kier alpha value is -1.77. The van der Waals surface area contributed by atoms with Crippen LogP contribution in [0.4, 0.5) is 0 Å². The minimum Gasteiger partial charge on any atom is -0.462 e. The van der Waals surface area contributed by atoms with Crippen molar-refractivity contribution in [2.45, 2.75) is 103 Å². The van der Waals surface area contributed by atoms with Gasteiger partial charge in [-0.05, 0) is 38.5 Å². The predicted molar refractivity (Wildman–Crippen MR) is 150 cm³/mol. The molecule has 2 unspecified atom stereocenters. The number of hydrogen-bond donors (Lipinski definition) is 2. The summed E-state index contributed by atoms with van der Waals surface area (Å²) in [6, 6.07) is 0. The zero-order valence-corrected chi connectivity index (χ0v) is 24.3. The van der Waals surface area contributed by atoms with E-state index in [4.69, 9.17) is 19.7 Å². The number of unbranched alkanes of at least 4 members (excludes halogenated alkanes) is 7. The van der Waals surface area contributed by atoms with E-state index in [9.17, 15) is 19.0 Å². The fourth-order valence-electron chi connectivity index (χ4n) is 3.27. The Balaban J connectivity index is 3.98. The maximum Gasteiger partial charge on any atom is 0.472 e. The average Bonchev–Trinajstić information content (AvgIpc) is 2.90. The first-order valence-corrected chi connectivity index (χ1v) is 15.5. The largest absolute Gasteiger partial charge is 0.472 e. The lowest BCUT2D eigenvalue weighted by Gasteiger charge is -2.19. The van der Waals surface area contributed by atoms with E-state index in [2.05, 4.69) is 47.9 Å². The highest BCUT2D eigenvalue weighted by atomic mass is 31.2. The van der Waals surface area contributed by atoms with Crippen molar-refractivity contribution < 1.29 is 37.6 Å². The van der Waals surface area contributed by atoms with Crippen molar-refractivity contribution in [3.63, 3.8) is 0 Å². The van der Waals surface area contributed by atoms with Gasteiger partial charge in [0.2, 0.25) is 0 Å². The molecule has 0 saturated heterocycles. The molecule has 0 aliphatic rings. The van der Waals surface area contributed by atoms with Gasteiger partial charge in [-0.15, -0.1) is 0 Å². The van der Waals surface area contributed by atoms with E-state index in [0.29, 0.717) is 6.42 Å². The molecular weight excluding hydrogens is 509 g/mol.